The van der Waals surface area contributed by atoms with E-state index in [4.69, 9.17) is 0 Å². The average molecular weight is 288 g/mol. The van der Waals surface area contributed by atoms with Gasteiger partial charge in [-0.3, -0.25) is 9.59 Å². The second-order valence-electron chi connectivity index (χ2n) is 5.60. The van der Waals surface area contributed by atoms with Gasteiger partial charge in [0, 0.05) is 31.1 Å². The van der Waals surface area contributed by atoms with E-state index in [0.717, 1.165) is 38.8 Å². The summed E-state index contributed by atoms with van der Waals surface area (Å²) in [5.74, 6) is 0.232. The highest BCUT2D eigenvalue weighted by Gasteiger charge is 2.23. The van der Waals surface area contributed by atoms with Crippen LogP contribution in [0.15, 0.2) is 30.3 Å². The minimum atomic E-state index is -0.0219. The number of hydrogen-bond donors (Lipinski definition) is 1. The van der Waals surface area contributed by atoms with E-state index in [1.807, 2.05) is 35.2 Å². The van der Waals surface area contributed by atoms with Gasteiger partial charge >= 0.3 is 0 Å². The Morgan fingerprint density at radius 3 is 2.48 bits per heavy atom. The summed E-state index contributed by atoms with van der Waals surface area (Å²) in [5, 5.41) is 3.06. The lowest BCUT2D eigenvalue weighted by Crippen LogP contribution is -2.46. The van der Waals surface area contributed by atoms with E-state index < -0.39 is 0 Å². The van der Waals surface area contributed by atoms with Crippen LogP contribution in [0.5, 0.6) is 0 Å². The second kappa shape index (κ2) is 7.81. The maximum Gasteiger partial charge on any atom is 0.251 e. The van der Waals surface area contributed by atoms with Crippen LogP contribution in [0.25, 0.3) is 0 Å². The number of benzene rings is 1. The number of nitrogens with zero attached hydrogens (tertiary/aromatic N) is 1. The van der Waals surface area contributed by atoms with Crippen molar-refractivity contribution in [2.45, 2.75) is 45.1 Å². The van der Waals surface area contributed by atoms with Crippen LogP contribution in [0.4, 0.5) is 0 Å². The normalized spacial score (nSPS) is 15.8. The Hall–Kier alpha value is -1.84. The van der Waals surface area contributed by atoms with Gasteiger partial charge < -0.3 is 10.2 Å². The van der Waals surface area contributed by atoms with E-state index >= 15 is 0 Å². The predicted octanol–water partition coefficient (Wildman–Crippen LogP) is 2.60. The highest BCUT2D eigenvalue weighted by atomic mass is 16.2. The standard InChI is InChI=1S/C17H24N2O2/c1-2-3-9-16(20)19-12-10-15(11-13-19)18-17(21)14-7-5-4-6-8-14/h4-8,15H,2-3,9-13H2,1H3,(H,18,21). The molecule has 1 aromatic rings. The Morgan fingerprint density at radius 2 is 1.86 bits per heavy atom. The number of likely N-dealkylation sites (tertiary alicyclic amines) is 1. The van der Waals surface area contributed by atoms with Crippen LogP contribution in [0, 0.1) is 0 Å². The molecule has 0 unspecified atom stereocenters. The van der Waals surface area contributed by atoms with Crippen molar-refractivity contribution >= 4 is 11.8 Å². The van der Waals surface area contributed by atoms with Crippen LogP contribution in [0.1, 0.15) is 49.4 Å². The quantitative estimate of drug-likeness (QED) is 0.905. The number of rotatable bonds is 5. The summed E-state index contributed by atoms with van der Waals surface area (Å²) >= 11 is 0. The van der Waals surface area contributed by atoms with Crippen molar-refractivity contribution in [3.63, 3.8) is 0 Å². The largest absolute Gasteiger partial charge is 0.349 e. The first-order chi connectivity index (χ1) is 10.2. The summed E-state index contributed by atoms with van der Waals surface area (Å²) in [6, 6.07) is 9.44. The summed E-state index contributed by atoms with van der Waals surface area (Å²) in [6.45, 7) is 3.60. The van der Waals surface area contributed by atoms with Crippen molar-refractivity contribution in [1.29, 1.82) is 0 Å². The van der Waals surface area contributed by atoms with E-state index in [9.17, 15) is 9.59 Å². The molecule has 0 saturated carbocycles. The number of piperidine rings is 1. The van der Waals surface area contributed by atoms with Gasteiger partial charge in [0.25, 0.3) is 5.91 Å². The van der Waals surface area contributed by atoms with Crippen molar-refractivity contribution in [2.75, 3.05) is 13.1 Å². The van der Waals surface area contributed by atoms with Crippen LogP contribution in [0.2, 0.25) is 0 Å². The number of hydrogen-bond acceptors (Lipinski definition) is 2. The van der Waals surface area contributed by atoms with Gasteiger partial charge in [-0.05, 0) is 31.4 Å². The molecular weight excluding hydrogens is 264 g/mol. The maximum atomic E-state index is 12.1. The van der Waals surface area contributed by atoms with Gasteiger partial charge in [0.15, 0.2) is 0 Å². The summed E-state index contributed by atoms with van der Waals surface area (Å²) in [5.41, 5.74) is 0.693. The van der Waals surface area contributed by atoms with Gasteiger partial charge in [-0.2, -0.15) is 0 Å². The summed E-state index contributed by atoms with van der Waals surface area (Å²) in [7, 11) is 0. The van der Waals surface area contributed by atoms with E-state index in [2.05, 4.69) is 12.2 Å². The Morgan fingerprint density at radius 1 is 1.19 bits per heavy atom. The van der Waals surface area contributed by atoms with Crippen molar-refractivity contribution in [1.82, 2.24) is 10.2 Å². The lowest BCUT2D eigenvalue weighted by molar-refractivity contribution is -0.132. The molecule has 1 aromatic carbocycles. The Kier molecular flexibility index (Phi) is 5.78. The molecule has 0 spiro atoms. The Balaban J connectivity index is 1.77. The van der Waals surface area contributed by atoms with Gasteiger partial charge in [-0.1, -0.05) is 31.5 Å². The van der Waals surface area contributed by atoms with Gasteiger partial charge in [0.2, 0.25) is 5.91 Å². The fourth-order valence-electron chi connectivity index (χ4n) is 2.62. The van der Waals surface area contributed by atoms with E-state index in [-0.39, 0.29) is 17.9 Å². The van der Waals surface area contributed by atoms with Crippen LogP contribution >= 0.6 is 0 Å². The number of carbonyl (C=O) groups excluding carboxylic acids is 2. The number of amides is 2. The third-order valence-corrected chi connectivity index (χ3v) is 3.96. The molecule has 4 heteroatoms. The average Bonchev–Trinajstić information content (AvgIpc) is 2.54. The number of carbonyl (C=O) groups is 2. The second-order valence-corrected chi connectivity index (χ2v) is 5.60. The molecule has 0 radical (unpaired) electrons. The SMILES string of the molecule is CCCCC(=O)N1CCC(NC(=O)c2ccccc2)CC1. The molecule has 2 rings (SSSR count). The first-order valence-electron chi connectivity index (χ1n) is 7.84. The molecule has 0 aromatic heterocycles. The highest BCUT2D eigenvalue weighted by Crippen LogP contribution is 2.13. The third-order valence-electron chi connectivity index (χ3n) is 3.96. The molecule has 21 heavy (non-hydrogen) atoms. The molecule has 0 aliphatic carbocycles. The molecule has 0 bridgehead atoms. The van der Waals surface area contributed by atoms with Crippen LogP contribution in [-0.4, -0.2) is 35.8 Å². The molecule has 1 fully saturated rings. The third kappa shape index (κ3) is 4.59. The topological polar surface area (TPSA) is 49.4 Å². The number of nitrogens with one attached hydrogen (secondary N) is 1. The Bertz CT molecular complexity index is 465. The van der Waals surface area contributed by atoms with E-state index in [1.54, 1.807) is 0 Å². The zero-order valence-electron chi connectivity index (χ0n) is 12.7. The molecule has 1 aliphatic rings. The van der Waals surface area contributed by atoms with E-state index in [0.29, 0.717) is 12.0 Å². The van der Waals surface area contributed by atoms with Crippen molar-refractivity contribution in [3.8, 4) is 0 Å². The van der Waals surface area contributed by atoms with E-state index in [1.165, 1.54) is 0 Å². The summed E-state index contributed by atoms with van der Waals surface area (Å²) in [4.78, 5) is 26.0. The number of unbranched alkanes of at least 4 members (excludes halogenated alkanes) is 1. The zero-order chi connectivity index (χ0) is 15.1. The molecule has 4 nitrogen and oxygen atoms in total. The van der Waals surface area contributed by atoms with Crippen LogP contribution in [-0.2, 0) is 4.79 Å². The lowest BCUT2D eigenvalue weighted by Gasteiger charge is -2.32. The monoisotopic (exact) mass is 288 g/mol. The zero-order valence-corrected chi connectivity index (χ0v) is 12.7. The van der Waals surface area contributed by atoms with Gasteiger partial charge in [-0.25, -0.2) is 0 Å². The van der Waals surface area contributed by atoms with Crippen molar-refractivity contribution in [2.24, 2.45) is 0 Å². The molecule has 1 aliphatic heterocycles. The molecule has 1 N–H and O–H groups in total. The smallest absolute Gasteiger partial charge is 0.251 e. The molecular formula is C17H24N2O2. The minimum Gasteiger partial charge on any atom is -0.349 e. The predicted molar refractivity (Wildman–Crippen MR) is 83.0 cm³/mol. The van der Waals surface area contributed by atoms with Gasteiger partial charge in [-0.15, -0.1) is 0 Å². The van der Waals surface area contributed by atoms with Crippen molar-refractivity contribution < 1.29 is 9.59 Å². The fraction of sp³-hybridized carbons (Fsp3) is 0.529. The van der Waals surface area contributed by atoms with Gasteiger partial charge in [0.05, 0.1) is 0 Å². The highest BCUT2D eigenvalue weighted by molar-refractivity contribution is 5.94. The van der Waals surface area contributed by atoms with Crippen LogP contribution in [0.3, 0.4) is 0 Å². The van der Waals surface area contributed by atoms with Crippen LogP contribution < -0.4 is 5.32 Å². The molecule has 1 heterocycles. The fourth-order valence-corrected chi connectivity index (χ4v) is 2.62. The van der Waals surface area contributed by atoms with Crippen molar-refractivity contribution in [3.05, 3.63) is 35.9 Å². The summed E-state index contributed by atoms with van der Waals surface area (Å²) < 4.78 is 0. The molecule has 114 valence electrons. The Labute approximate surface area is 126 Å². The van der Waals surface area contributed by atoms with Gasteiger partial charge in [0.1, 0.15) is 0 Å². The minimum absolute atomic E-state index is 0.0219. The summed E-state index contributed by atoms with van der Waals surface area (Å²) in [6.07, 6.45) is 4.35. The first kappa shape index (κ1) is 15.5. The molecule has 2 amide bonds. The lowest BCUT2D eigenvalue weighted by atomic mass is 10.0. The molecule has 1 saturated heterocycles. The molecule has 0 atom stereocenters. The first-order valence-corrected chi connectivity index (χ1v) is 7.84. The maximum absolute atomic E-state index is 12.1.